The third-order valence-electron chi connectivity index (χ3n) is 2.70. The van der Waals surface area contributed by atoms with Gasteiger partial charge in [-0.15, -0.1) is 0 Å². The van der Waals surface area contributed by atoms with Gasteiger partial charge in [-0.2, -0.15) is 0 Å². The number of hydrogen-bond donors (Lipinski definition) is 1. The average molecular weight is 232 g/mol. The third-order valence-corrected chi connectivity index (χ3v) is 2.70. The smallest absolute Gasteiger partial charge is 0.118 e. The summed E-state index contributed by atoms with van der Waals surface area (Å²) in [5.74, 6) is 1.74. The molecule has 0 amide bonds. The Morgan fingerprint density at radius 1 is 1.29 bits per heavy atom. The van der Waals surface area contributed by atoms with E-state index in [0.717, 1.165) is 22.8 Å². The molecule has 2 aromatic rings. The van der Waals surface area contributed by atoms with Gasteiger partial charge in [-0.05, 0) is 31.2 Å². The zero-order chi connectivity index (χ0) is 12.3. The SMILES string of the molecule is COc1ccc(-c2cn(CCO)c(C)n2)cc1. The number of aliphatic hydroxyl groups excluding tert-OH is 1. The van der Waals surface area contributed by atoms with Gasteiger partial charge in [-0.25, -0.2) is 4.98 Å². The molecule has 90 valence electrons. The summed E-state index contributed by atoms with van der Waals surface area (Å²) in [7, 11) is 1.65. The number of aromatic nitrogens is 2. The Kier molecular flexibility index (Phi) is 3.44. The molecule has 0 atom stereocenters. The Bertz CT molecular complexity index is 489. The van der Waals surface area contributed by atoms with Crippen molar-refractivity contribution in [3.8, 4) is 17.0 Å². The summed E-state index contributed by atoms with van der Waals surface area (Å²) < 4.78 is 7.06. The number of hydrogen-bond acceptors (Lipinski definition) is 3. The minimum absolute atomic E-state index is 0.124. The number of aryl methyl sites for hydroxylation is 1. The highest BCUT2D eigenvalue weighted by atomic mass is 16.5. The van der Waals surface area contributed by atoms with E-state index in [1.165, 1.54) is 0 Å². The van der Waals surface area contributed by atoms with Crippen LogP contribution in [0.4, 0.5) is 0 Å². The number of aliphatic hydroxyl groups is 1. The number of nitrogens with zero attached hydrogens (tertiary/aromatic N) is 2. The lowest BCUT2D eigenvalue weighted by atomic mass is 10.2. The predicted octanol–water partition coefficient (Wildman–Crippen LogP) is 1.86. The van der Waals surface area contributed by atoms with Gasteiger partial charge in [0.05, 0.1) is 19.4 Å². The summed E-state index contributed by atoms with van der Waals surface area (Å²) in [5, 5.41) is 8.93. The minimum Gasteiger partial charge on any atom is -0.497 e. The van der Waals surface area contributed by atoms with Crippen molar-refractivity contribution < 1.29 is 9.84 Å². The molecule has 0 radical (unpaired) electrons. The molecule has 1 aromatic carbocycles. The monoisotopic (exact) mass is 232 g/mol. The predicted molar refractivity (Wildman–Crippen MR) is 66.0 cm³/mol. The molecule has 2 rings (SSSR count). The molecule has 0 bridgehead atoms. The van der Waals surface area contributed by atoms with Crippen LogP contribution in [0.3, 0.4) is 0 Å². The summed E-state index contributed by atoms with van der Waals surface area (Å²) in [4.78, 5) is 4.47. The zero-order valence-corrected chi connectivity index (χ0v) is 10.1. The molecule has 0 aliphatic carbocycles. The van der Waals surface area contributed by atoms with Crippen molar-refractivity contribution in [2.45, 2.75) is 13.5 Å². The minimum atomic E-state index is 0.124. The Labute approximate surface area is 100 Å². The molecule has 1 heterocycles. The first-order chi connectivity index (χ1) is 8.24. The maximum atomic E-state index is 8.93. The van der Waals surface area contributed by atoms with Crippen LogP contribution in [-0.4, -0.2) is 28.4 Å². The molecule has 0 saturated carbocycles. The lowest BCUT2D eigenvalue weighted by Gasteiger charge is -2.00. The molecule has 4 nitrogen and oxygen atoms in total. The molecule has 0 unspecified atom stereocenters. The van der Waals surface area contributed by atoms with E-state index in [2.05, 4.69) is 4.98 Å². The van der Waals surface area contributed by atoms with E-state index in [-0.39, 0.29) is 6.61 Å². The van der Waals surface area contributed by atoms with Crippen LogP contribution in [0, 0.1) is 6.92 Å². The van der Waals surface area contributed by atoms with Crippen LogP contribution in [-0.2, 0) is 6.54 Å². The van der Waals surface area contributed by atoms with Gasteiger partial charge in [0.25, 0.3) is 0 Å². The van der Waals surface area contributed by atoms with Crippen LogP contribution < -0.4 is 4.74 Å². The maximum Gasteiger partial charge on any atom is 0.118 e. The highest BCUT2D eigenvalue weighted by molar-refractivity contribution is 5.59. The van der Waals surface area contributed by atoms with Gasteiger partial charge in [0.2, 0.25) is 0 Å². The third kappa shape index (κ3) is 2.47. The van der Waals surface area contributed by atoms with Crippen LogP contribution in [0.1, 0.15) is 5.82 Å². The maximum absolute atomic E-state index is 8.93. The van der Waals surface area contributed by atoms with Crippen molar-refractivity contribution in [2.24, 2.45) is 0 Å². The fourth-order valence-corrected chi connectivity index (χ4v) is 1.74. The van der Waals surface area contributed by atoms with Crippen LogP contribution in [0.2, 0.25) is 0 Å². The molecule has 0 saturated heterocycles. The topological polar surface area (TPSA) is 47.3 Å². The van der Waals surface area contributed by atoms with Gasteiger partial charge < -0.3 is 14.4 Å². The molecule has 0 fully saturated rings. The molecule has 17 heavy (non-hydrogen) atoms. The lowest BCUT2D eigenvalue weighted by molar-refractivity contribution is 0.275. The zero-order valence-electron chi connectivity index (χ0n) is 10.1. The second-order valence-electron chi connectivity index (χ2n) is 3.82. The van der Waals surface area contributed by atoms with E-state index >= 15 is 0 Å². The molecular weight excluding hydrogens is 216 g/mol. The molecular formula is C13H16N2O2. The number of methoxy groups -OCH3 is 1. The first-order valence-corrected chi connectivity index (χ1v) is 5.53. The Balaban J connectivity index is 2.29. The highest BCUT2D eigenvalue weighted by Gasteiger charge is 2.05. The van der Waals surface area contributed by atoms with E-state index in [1.54, 1.807) is 7.11 Å². The van der Waals surface area contributed by atoms with E-state index in [4.69, 9.17) is 9.84 Å². The van der Waals surface area contributed by atoms with E-state index in [9.17, 15) is 0 Å². The van der Waals surface area contributed by atoms with Gasteiger partial charge in [-0.3, -0.25) is 0 Å². The highest BCUT2D eigenvalue weighted by Crippen LogP contribution is 2.21. The fourth-order valence-electron chi connectivity index (χ4n) is 1.74. The van der Waals surface area contributed by atoms with Crippen molar-refractivity contribution >= 4 is 0 Å². The van der Waals surface area contributed by atoms with Crippen LogP contribution in [0.15, 0.2) is 30.5 Å². The largest absolute Gasteiger partial charge is 0.497 e. The van der Waals surface area contributed by atoms with Gasteiger partial charge in [-0.1, -0.05) is 0 Å². The van der Waals surface area contributed by atoms with E-state index in [1.807, 2.05) is 42.0 Å². The normalized spacial score (nSPS) is 10.5. The first-order valence-electron chi connectivity index (χ1n) is 5.53. The lowest BCUT2D eigenvalue weighted by Crippen LogP contribution is -2.02. The standard InChI is InChI=1S/C13H16N2O2/c1-10-14-13(9-15(10)7-8-16)11-3-5-12(17-2)6-4-11/h3-6,9,16H,7-8H2,1-2H3. The summed E-state index contributed by atoms with van der Waals surface area (Å²) in [6, 6.07) is 7.78. The summed E-state index contributed by atoms with van der Waals surface area (Å²) in [6.45, 7) is 2.64. The van der Waals surface area contributed by atoms with E-state index < -0.39 is 0 Å². The van der Waals surface area contributed by atoms with Gasteiger partial charge in [0.1, 0.15) is 11.6 Å². The Morgan fingerprint density at radius 3 is 2.59 bits per heavy atom. The van der Waals surface area contributed by atoms with Gasteiger partial charge >= 0.3 is 0 Å². The summed E-state index contributed by atoms with van der Waals surface area (Å²) in [5.41, 5.74) is 1.96. The first kappa shape index (κ1) is 11.7. The molecule has 0 aliphatic heterocycles. The van der Waals surface area contributed by atoms with Gasteiger partial charge in [0.15, 0.2) is 0 Å². The number of imidazole rings is 1. The second kappa shape index (κ2) is 5.01. The van der Waals surface area contributed by atoms with Crippen molar-refractivity contribution in [2.75, 3.05) is 13.7 Å². The van der Waals surface area contributed by atoms with Crippen molar-refractivity contribution in [1.82, 2.24) is 9.55 Å². The Hall–Kier alpha value is -1.81. The van der Waals surface area contributed by atoms with Crippen molar-refractivity contribution in [3.05, 3.63) is 36.3 Å². The molecule has 1 N–H and O–H groups in total. The van der Waals surface area contributed by atoms with Crippen molar-refractivity contribution in [3.63, 3.8) is 0 Å². The van der Waals surface area contributed by atoms with Crippen LogP contribution in [0.25, 0.3) is 11.3 Å². The van der Waals surface area contributed by atoms with Gasteiger partial charge in [0, 0.05) is 18.3 Å². The number of ether oxygens (including phenoxy) is 1. The summed E-state index contributed by atoms with van der Waals surface area (Å²) in [6.07, 6.45) is 1.95. The van der Waals surface area contributed by atoms with Crippen LogP contribution >= 0.6 is 0 Å². The Morgan fingerprint density at radius 2 is 2.00 bits per heavy atom. The quantitative estimate of drug-likeness (QED) is 0.875. The van der Waals surface area contributed by atoms with Crippen LogP contribution in [0.5, 0.6) is 5.75 Å². The summed E-state index contributed by atoms with van der Waals surface area (Å²) >= 11 is 0. The molecule has 0 spiro atoms. The molecule has 0 aliphatic rings. The molecule has 4 heteroatoms. The average Bonchev–Trinajstić information content (AvgIpc) is 2.72. The fraction of sp³-hybridized carbons (Fsp3) is 0.308. The number of benzene rings is 1. The second-order valence-corrected chi connectivity index (χ2v) is 3.82. The molecule has 1 aromatic heterocycles. The van der Waals surface area contributed by atoms with E-state index in [0.29, 0.717) is 6.54 Å². The van der Waals surface area contributed by atoms with Crippen molar-refractivity contribution in [1.29, 1.82) is 0 Å². The number of rotatable bonds is 4.